The molecule has 0 bridgehead atoms. The van der Waals surface area contributed by atoms with E-state index in [1.54, 1.807) is 0 Å². The van der Waals surface area contributed by atoms with Gasteiger partial charge in [-0.25, -0.2) is 4.57 Å². The van der Waals surface area contributed by atoms with E-state index >= 15 is 0 Å². The van der Waals surface area contributed by atoms with E-state index in [2.05, 4.69) is 62.3 Å². The fourth-order valence-corrected chi connectivity index (χ4v) is 8.10. The summed E-state index contributed by atoms with van der Waals surface area (Å²) in [7, 11) is -4.40. The molecule has 0 saturated heterocycles. The number of esters is 2. The molecule has 0 aliphatic rings. The van der Waals surface area contributed by atoms with Gasteiger partial charge < -0.3 is 20.1 Å². The molecule has 0 aromatic heterocycles. The van der Waals surface area contributed by atoms with E-state index in [0.717, 1.165) is 62.2 Å². The molecule has 0 aliphatic carbocycles. The zero-order valence-corrected chi connectivity index (χ0v) is 38.4. The van der Waals surface area contributed by atoms with Gasteiger partial charge in [0.05, 0.1) is 13.2 Å². The third-order valence-corrected chi connectivity index (χ3v) is 12.1. The lowest BCUT2D eigenvalue weighted by molar-refractivity contribution is -0.162. The van der Waals surface area contributed by atoms with Gasteiger partial charge in [-0.1, -0.05) is 185 Å². The van der Waals surface area contributed by atoms with Gasteiger partial charge in [-0.15, -0.1) is 0 Å². The molecule has 328 valence electrons. The normalized spacial score (nSPS) is 17.0. The summed E-state index contributed by atoms with van der Waals surface area (Å²) in [5.74, 6) is 3.95. The maximum atomic E-state index is 12.9. The minimum Gasteiger partial charge on any atom is -0.462 e. The topological polar surface area (TPSA) is 134 Å². The summed E-state index contributed by atoms with van der Waals surface area (Å²) in [5, 5.41) is 0. The van der Waals surface area contributed by atoms with Crippen molar-refractivity contribution >= 4 is 19.8 Å². The molecule has 3 N–H and O–H groups in total. The van der Waals surface area contributed by atoms with Crippen molar-refractivity contribution in [2.75, 3.05) is 26.4 Å². The highest BCUT2D eigenvalue weighted by atomic mass is 31.2. The Labute approximate surface area is 339 Å². The average Bonchev–Trinajstić information content (AvgIpc) is 3.08. The Morgan fingerprint density at radius 2 is 0.855 bits per heavy atom. The fourth-order valence-electron chi connectivity index (χ4n) is 7.34. The minimum absolute atomic E-state index is 0.0490. The molecule has 0 aromatic rings. The summed E-state index contributed by atoms with van der Waals surface area (Å²) in [6.45, 7) is 21.9. The summed E-state index contributed by atoms with van der Waals surface area (Å²) >= 11 is 0. The maximum absolute atomic E-state index is 12.9. The van der Waals surface area contributed by atoms with Gasteiger partial charge in [-0.3, -0.25) is 18.6 Å². The van der Waals surface area contributed by atoms with Crippen LogP contribution in [0.25, 0.3) is 0 Å². The van der Waals surface area contributed by atoms with Crippen LogP contribution in [0.2, 0.25) is 0 Å². The van der Waals surface area contributed by atoms with Crippen LogP contribution in [0.15, 0.2) is 0 Å². The summed E-state index contributed by atoms with van der Waals surface area (Å²) in [5.41, 5.74) is 5.38. The van der Waals surface area contributed by atoms with Crippen molar-refractivity contribution in [3.63, 3.8) is 0 Å². The molecule has 10 heteroatoms. The molecule has 0 amide bonds. The first-order valence-electron chi connectivity index (χ1n) is 22.6. The lowest BCUT2D eigenvalue weighted by Crippen LogP contribution is -2.30. The largest absolute Gasteiger partial charge is 0.472 e. The molecule has 9 nitrogen and oxygen atoms in total. The molecule has 0 heterocycles. The molecule has 55 heavy (non-hydrogen) atoms. The first kappa shape index (κ1) is 54.0. The van der Waals surface area contributed by atoms with Crippen molar-refractivity contribution in [2.45, 2.75) is 204 Å². The first-order chi connectivity index (χ1) is 25.9. The van der Waals surface area contributed by atoms with E-state index in [4.69, 9.17) is 24.3 Å². The van der Waals surface area contributed by atoms with Crippen molar-refractivity contribution in [1.82, 2.24) is 0 Å². The van der Waals surface area contributed by atoms with Crippen molar-refractivity contribution in [3.8, 4) is 0 Å². The molecule has 0 saturated carbocycles. The van der Waals surface area contributed by atoms with Gasteiger partial charge in [-0.05, 0) is 47.3 Å². The summed E-state index contributed by atoms with van der Waals surface area (Å²) in [6.07, 6.45) is 21.3. The van der Waals surface area contributed by atoms with Crippen LogP contribution in [0.4, 0.5) is 0 Å². The predicted octanol–water partition coefficient (Wildman–Crippen LogP) is 12.5. The molecule has 0 rings (SSSR count). The number of phosphoric ester groups is 1. The molecule has 3 unspecified atom stereocenters. The second-order valence-electron chi connectivity index (χ2n) is 18.6. The van der Waals surface area contributed by atoms with Crippen LogP contribution in [-0.2, 0) is 32.7 Å². The lowest BCUT2D eigenvalue weighted by Gasteiger charge is -2.21. The van der Waals surface area contributed by atoms with E-state index in [-0.39, 0.29) is 50.4 Å². The van der Waals surface area contributed by atoms with Gasteiger partial charge in [-0.2, -0.15) is 0 Å². The molecule has 0 radical (unpaired) electrons. The molecular weight excluding hydrogens is 713 g/mol. The van der Waals surface area contributed by atoms with E-state index in [9.17, 15) is 19.0 Å². The van der Waals surface area contributed by atoms with Crippen molar-refractivity contribution in [2.24, 2.45) is 53.1 Å². The zero-order valence-electron chi connectivity index (χ0n) is 37.5. The molecule has 0 spiro atoms. The molecule has 0 aromatic carbocycles. The molecule has 0 fully saturated rings. The average molecular weight is 804 g/mol. The van der Waals surface area contributed by atoms with E-state index in [1.165, 1.54) is 77.0 Å². The number of rotatable bonds is 37. The Bertz CT molecular complexity index is 994. The van der Waals surface area contributed by atoms with Gasteiger partial charge in [0, 0.05) is 19.4 Å². The van der Waals surface area contributed by atoms with Gasteiger partial charge in [0.25, 0.3) is 0 Å². The second kappa shape index (κ2) is 32.9. The SMILES string of the molecule is CC(C)CCC[C@@H](C)CCC[C@@H](C)CCCC(C)CC(=O)OC[C@H](COP(=O)(O)OCCN)OC(=O)CC(C)CCC[C@H](C)CCC[C@H](C)CCCC(C)C. The van der Waals surface area contributed by atoms with Crippen molar-refractivity contribution in [3.05, 3.63) is 0 Å². The number of nitrogens with two attached hydrogens (primary N) is 1. The second-order valence-corrected chi connectivity index (χ2v) is 20.0. The minimum atomic E-state index is -4.40. The lowest BCUT2D eigenvalue weighted by atomic mass is 9.91. The first-order valence-corrected chi connectivity index (χ1v) is 24.1. The van der Waals surface area contributed by atoms with Crippen LogP contribution in [-0.4, -0.2) is 49.3 Å². The Morgan fingerprint density at radius 3 is 1.22 bits per heavy atom. The van der Waals surface area contributed by atoms with Crippen LogP contribution in [0.3, 0.4) is 0 Å². The highest BCUT2D eigenvalue weighted by Crippen LogP contribution is 2.43. The monoisotopic (exact) mass is 804 g/mol. The number of carbonyl (C=O) groups excluding carboxylic acids is 2. The van der Waals surface area contributed by atoms with Gasteiger partial charge >= 0.3 is 19.8 Å². The van der Waals surface area contributed by atoms with Gasteiger partial charge in [0.1, 0.15) is 6.61 Å². The maximum Gasteiger partial charge on any atom is 0.472 e. The smallest absolute Gasteiger partial charge is 0.462 e. The molecule has 0 aliphatic heterocycles. The highest BCUT2D eigenvalue weighted by molar-refractivity contribution is 7.47. The molecule has 8 atom stereocenters. The van der Waals surface area contributed by atoms with Gasteiger partial charge in [0.15, 0.2) is 6.10 Å². The van der Waals surface area contributed by atoms with Crippen molar-refractivity contribution in [1.29, 1.82) is 0 Å². The highest BCUT2D eigenvalue weighted by Gasteiger charge is 2.27. The quantitative estimate of drug-likeness (QED) is 0.0465. The molecular formula is C45H90NO8P. The van der Waals surface area contributed by atoms with E-state index in [1.807, 2.05) is 6.92 Å². The van der Waals surface area contributed by atoms with Crippen LogP contribution in [0.5, 0.6) is 0 Å². The van der Waals surface area contributed by atoms with Crippen LogP contribution >= 0.6 is 7.82 Å². The number of hydrogen-bond donors (Lipinski definition) is 2. The third-order valence-electron chi connectivity index (χ3n) is 11.1. The standard InChI is InChI=1S/C45H90NO8P/c1-35(2)17-11-19-37(5)21-13-23-39(7)25-15-27-41(9)31-44(47)51-33-43(34-53-55(49,50)52-30-29-46)54-45(48)32-42(10)28-16-26-40(8)24-14-22-38(6)20-12-18-36(3)4/h35-43H,11-34,46H2,1-10H3,(H,49,50)/t37-,38-,39-,40-,41?,42?,43-/m1/s1. The number of ether oxygens (including phenoxy) is 2. The Hall–Kier alpha value is -0.990. The summed E-state index contributed by atoms with van der Waals surface area (Å²) in [6, 6.07) is 0. The number of carbonyl (C=O) groups is 2. The van der Waals surface area contributed by atoms with Crippen molar-refractivity contribution < 1.29 is 37.6 Å². The third kappa shape index (κ3) is 34.7. The Kier molecular flexibility index (Phi) is 32.3. The fraction of sp³-hybridized carbons (Fsp3) is 0.956. The predicted molar refractivity (Wildman–Crippen MR) is 229 cm³/mol. The van der Waals surface area contributed by atoms with Crippen LogP contribution < -0.4 is 5.73 Å². The van der Waals surface area contributed by atoms with Crippen LogP contribution in [0, 0.1) is 47.3 Å². The number of hydrogen-bond acceptors (Lipinski definition) is 8. The van der Waals surface area contributed by atoms with E-state index < -0.39 is 26.5 Å². The summed E-state index contributed by atoms with van der Waals surface area (Å²) < 4.78 is 33.3. The zero-order chi connectivity index (χ0) is 41.6. The van der Waals surface area contributed by atoms with Crippen LogP contribution in [0.1, 0.15) is 198 Å². The number of phosphoric acid groups is 1. The Morgan fingerprint density at radius 1 is 0.509 bits per heavy atom. The van der Waals surface area contributed by atoms with E-state index in [0.29, 0.717) is 11.8 Å². The van der Waals surface area contributed by atoms with Gasteiger partial charge in [0.2, 0.25) is 0 Å². The Balaban J connectivity index is 4.65. The summed E-state index contributed by atoms with van der Waals surface area (Å²) in [4.78, 5) is 35.7.